The van der Waals surface area contributed by atoms with Crippen LogP contribution >= 0.6 is 0 Å². The Morgan fingerprint density at radius 1 is 1.50 bits per heavy atom. The molecule has 3 nitrogen and oxygen atoms in total. The first-order valence-corrected chi connectivity index (χ1v) is 3.14. The predicted octanol–water partition coefficient (Wildman–Crippen LogP) is 1.64. The Labute approximate surface area is 68.0 Å². The Balaban J connectivity index is 3.91. The molecule has 0 saturated heterocycles. The zero-order valence-electron chi connectivity index (χ0n) is 6.72. The average Bonchev–Trinajstić information content (AvgIpc) is 1.96. The molecule has 0 aromatic rings. The molecule has 0 aliphatic carbocycles. The fourth-order valence-corrected chi connectivity index (χ4v) is 0.416. The van der Waals surface area contributed by atoms with Gasteiger partial charge in [0, 0.05) is 13.3 Å². The number of hydrogen-bond acceptors (Lipinski definition) is 2. The van der Waals surface area contributed by atoms with Crippen LogP contribution in [0.1, 0.15) is 6.92 Å². The van der Waals surface area contributed by atoms with Crippen molar-refractivity contribution in [3.05, 3.63) is 0 Å². The van der Waals surface area contributed by atoms with Gasteiger partial charge >= 0.3 is 12.2 Å². The minimum absolute atomic E-state index is 0.269. The molecule has 0 spiro atoms. The molecule has 0 rings (SSSR count). The lowest BCUT2D eigenvalue weighted by molar-refractivity contribution is -0.156. The number of amidine groups is 1. The normalized spacial score (nSPS) is 13.9. The smallest absolute Gasteiger partial charge is 0.422 e. The van der Waals surface area contributed by atoms with Crippen LogP contribution in [0.25, 0.3) is 0 Å². The predicted molar refractivity (Wildman–Crippen MR) is 39.5 cm³/mol. The Kier molecular flexibility index (Phi) is 4.31. The first kappa shape index (κ1) is 10.9. The van der Waals surface area contributed by atoms with Crippen molar-refractivity contribution in [1.82, 2.24) is 0 Å². The van der Waals surface area contributed by atoms with E-state index in [2.05, 4.69) is 14.7 Å². The van der Waals surface area contributed by atoms with Crippen LogP contribution in [0.2, 0.25) is 0 Å². The van der Waals surface area contributed by atoms with Crippen molar-refractivity contribution >= 4 is 12.2 Å². The van der Waals surface area contributed by atoms with Gasteiger partial charge in [-0.3, -0.25) is 0 Å². The lowest BCUT2D eigenvalue weighted by atomic mass is 10.7. The highest BCUT2D eigenvalue weighted by molar-refractivity contribution is 5.82. The fraction of sp³-hybridized carbons (Fsp3) is 0.667. The van der Waals surface area contributed by atoms with Gasteiger partial charge in [-0.2, -0.15) is 13.2 Å². The summed E-state index contributed by atoms with van der Waals surface area (Å²) in [5.41, 5.74) is 0. The maximum Gasteiger partial charge on any atom is 0.422 e. The van der Waals surface area contributed by atoms with Crippen LogP contribution in [-0.2, 0) is 4.74 Å². The third-order valence-electron chi connectivity index (χ3n) is 0.796. The van der Waals surface area contributed by atoms with Crippen molar-refractivity contribution in [2.75, 3.05) is 13.7 Å². The molecule has 0 aromatic carbocycles. The summed E-state index contributed by atoms with van der Waals surface area (Å²) in [6.07, 6.45) is -3.04. The minimum atomic E-state index is -4.35. The van der Waals surface area contributed by atoms with Gasteiger partial charge in [-0.15, -0.1) is 0 Å². The molecule has 6 heteroatoms. The molecule has 0 amide bonds. The van der Waals surface area contributed by atoms with E-state index < -0.39 is 12.8 Å². The molecule has 0 aliphatic rings. The molecule has 12 heavy (non-hydrogen) atoms. The minimum Gasteiger partial charge on any atom is -0.454 e. The Bertz CT molecular complexity index is 186. The van der Waals surface area contributed by atoms with Gasteiger partial charge in [-0.05, 0) is 6.92 Å². The second-order valence-corrected chi connectivity index (χ2v) is 1.80. The standard InChI is InChI=1S/C6H9F3N2O/c1-3-11-5(10-2)12-4-6(7,8)9/h3H,4H2,1-2H3/b10-5+,11-3-. The number of aliphatic imine (C=N–C) groups is 2. The van der Waals surface area contributed by atoms with E-state index in [-0.39, 0.29) is 6.02 Å². The van der Waals surface area contributed by atoms with E-state index in [1.54, 1.807) is 6.92 Å². The largest absolute Gasteiger partial charge is 0.454 e. The number of halogens is 3. The van der Waals surface area contributed by atoms with E-state index in [4.69, 9.17) is 0 Å². The van der Waals surface area contributed by atoms with Crippen molar-refractivity contribution in [3.8, 4) is 0 Å². The molecule has 0 aromatic heterocycles. The Morgan fingerprint density at radius 3 is 2.42 bits per heavy atom. The number of alkyl halides is 3. The average molecular weight is 182 g/mol. The van der Waals surface area contributed by atoms with Crippen LogP contribution in [0.4, 0.5) is 13.2 Å². The topological polar surface area (TPSA) is 34.0 Å². The van der Waals surface area contributed by atoms with E-state index in [0.717, 1.165) is 0 Å². The first-order chi connectivity index (χ1) is 5.49. The summed E-state index contributed by atoms with van der Waals surface area (Å²) in [6, 6.07) is -0.269. The van der Waals surface area contributed by atoms with E-state index in [1.807, 2.05) is 0 Å². The van der Waals surface area contributed by atoms with Crippen molar-refractivity contribution in [3.63, 3.8) is 0 Å². The lowest BCUT2D eigenvalue weighted by Crippen LogP contribution is -2.19. The summed E-state index contributed by atoms with van der Waals surface area (Å²) >= 11 is 0. The van der Waals surface area contributed by atoms with Crippen molar-refractivity contribution < 1.29 is 17.9 Å². The van der Waals surface area contributed by atoms with E-state index in [9.17, 15) is 13.2 Å². The molecule has 0 radical (unpaired) electrons. The quantitative estimate of drug-likeness (QED) is 0.448. The van der Waals surface area contributed by atoms with Crippen LogP contribution in [0.15, 0.2) is 9.98 Å². The fourth-order valence-electron chi connectivity index (χ4n) is 0.416. The maximum atomic E-state index is 11.6. The molecule has 0 unspecified atom stereocenters. The Hall–Kier alpha value is -1.07. The Morgan fingerprint density at radius 2 is 2.08 bits per heavy atom. The third kappa shape index (κ3) is 5.70. The number of ether oxygens (including phenoxy) is 1. The molecular formula is C6H9F3N2O. The number of hydrogen-bond donors (Lipinski definition) is 0. The van der Waals surface area contributed by atoms with Crippen LogP contribution in [0, 0.1) is 0 Å². The molecule has 0 saturated carbocycles. The van der Waals surface area contributed by atoms with Gasteiger partial charge in [0.05, 0.1) is 0 Å². The van der Waals surface area contributed by atoms with E-state index in [1.165, 1.54) is 13.3 Å². The zero-order chi connectivity index (χ0) is 9.61. The lowest BCUT2D eigenvalue weighted by Gasteiger charge is -2.06. The van der Waals surface area contributed by atoms with Gasteiger partial charge < -0.3 is 4.74 Å². The monoisotopic (exact) mass is 182 g/mol. The highest BCUT2D eigenvalue weighted by atomic mass is 19.4. The molecule has 0 heterocycles. The maximum absolute atomic E-state index is 11.6. The van der Waals surface area contributed by atoms with Crippen LogP contribution in [0.3, 0.4) is 0 Å². The molecule has 0 N–H and O–H groups in total. The van der Waals surface area contributed by atoms with Gasteiger partial charge in [0.15, 0.2) is 6.61 Å². The van der Waals surface area contributed by atoms with Gasteiger partial charge in [0.1, 0.15) is 0 Å². The summed E-state index contributed by atoms with van der Waals surface area (Å²) < 4.78 is 38.9. The molecule has 0 aliphatic heterocycles. The number of rotatable bonds is 1. The second-order valence-electron chi connectivity index (χ2n) is 1.80. The highest BCUT2D eigenvalue weighted by Crippen LogP contribution is 2.14. The van der Waals surface area contributed by atoms with Gasteiger partial charge in [0.25, 0.3) is 0 Å². The van der Waals surface area contributed by atoms with Gasteiger partial charge in [0.2, 0.25) is 0 Å². The molecule has 0 fully saturated rings. The summed E-state index contributed by atoms with van der Waals surface area (Å²) in [4.78, 5) is 6.83. The van der Waals surface area contributed by atoms with Crippen LogP contribution < -0.4 is 0 Å². The van der Waals surface area contributed by atoms with Crippen molar-refractivity contribution in [2.45, 2.75) is 13.1 Å². The first-order valence-electron chi connectivity index (χ1n) is 3.14. The van der Waals surface area contributed by atoms with Gasteiger partial charge in [-0.25, -0.2) is 9.98 Å². The van der Waals surface area contributed by atoms with Gasteiger partial charge in [-0.1, -0.05) is 0 Å². The highest BCUT2D eigenvalue weighted by Gasteiger charge is 2.28. The third-order valence-corrected chi connectivity index (χ3v) is 0.796. The molecule has 70 valence electrons. The van der Waals surface area contributed by atoms with Crippen molar-refractivity contribution in [2.24, 2.45) is 9.98 Å². The van der Waals surface area contributed by atoms with Crippen LogP contribution in [0.5, 0.6) is 0 Å². The van der Waals surface area contributed by atoms with E-state index in [0.29, 0.717) is 0 Å². The zero-order valence-corrected chi connectivity index (χ0v) is 6.72. The second kappa shape index (κ2) is 4.74. The molecule has 0 atom stereocenters. The summed E-state index contributed by atoms with van der Waals surface area (Å²) in [5, 5.41) is 0. The van der Waals surface area contributed by atoms with E-state index >= 15 is 0 Å². The summed E-state index contributed by atoms with van der Waals surface area (Å²) in [7, 11) is 1.30. The molecule has 0 bridgehead atoms. The summed E-state index contributed by atoms with van der Waals surface area (Å²) in [6.45, 7) is 0.194. The van der Waals surface area contributed by atoms with Crippen LogP contribution in [-0.4, -0.2) is 32.1 Å². The number of nitrogens with zero attached hydrogens (tertiary/aromatic N) is 2. The molecular weight excluding hydrogens is 173 g/mol. The van der Waals surface area contributed by atoms with Crippen molar-refractivity contribution in [1.29, 1.82) is 0 Å². The summed E-state index contributed by atoms with van der Waals surface area (Å²) in [5.74, 6) is 0. The SMILES string of the molecule is C/C=N\C(=N/C)OCC(F)(F)F.